The fourth-order valence-electron chi connectivity index (χ4n) is 8.26. The largest absolute Gasteiger partial charge is 0.504 e. The molecule has 1 saturated heterocycles. The van der Waals surface area contributed by atoms with E-state index in [4.69, 9.17) is 9.47 Å². The van der Waals surface area contributed by atoms with Gasteiger partial charge in [0.25, 0.3) is 5.91 Å². The number of ether oxygens (including phenoxy) is 2. The minimum Gasteiger partial charge on any atom is -0.504 e. The molecule has 41 heavy (non-hydrogen) atoms. The summed E-state index contributed by atoms with van der Waals surface area (Å²) >= 11 is 0. The first-order chi connectivity index (χ1) is 19.5. The van der Waals surface area contributed by atoms with Crippen molar-refractivity contribution in [3.8, 4) is 23.3 Å². The molecule has 2 aliphatic carbocycles. The molecule has 1 amide bonds. The number of carbonyl (C=O) groups excluding carboxylic acids is 2. The maximum Gasteiger partial charge on any atom is 0.303 e. The van der Waals surface area contributed by atoms with Crippen LogP contribution in [0, 0.1) is 31.6 Å². The number of benzene rings is 2. The molecule has 6 rings (SSSR count). The Morgan fingerprint density at radius 1 is 1.20 bits per heavy atom. The predicted molar refractivity (Wildman–Crippen MR) is 156 cm³/mol. The minimum atomic E-state index is -0.809. The Morgan fingerprint density at radius 2 is 1.98 bits per heavy atom. The molecule has 1 spiro atoms. The van der Waals surface area contributed by atoms with Crippen LogP contribution >= 0.6 is 0 Å². The third-order valence-corrected chi connectivity index (χ3v) is 10.0. The molecule has 0 aromatic heterocycles. The first kappa shape index (κ1) is 27.7. The third-order valence-electron chi connectivity index (χ3n) is 10.0. The topological polar surface area (TPSA) is 79.3 Å². The van der Waals surface area contributed by atoms with E-state index in [9.17, 15) is 14.7 Å². The number of esters is 1. The van der Waals surface area contributed by atoms with Crippen molar-refractivity contribution in [1.82, 2.24) is 9.80 Å². The molecule has 0 unspecified atom stereocenters. The van der Waals surface area contributed by atoms with Gasteiger partial charge in [-0.2, -0.15) is 0 Å². The molecule has 216 valence electrons. The molecule has 5 atom stereocenters. The Labute approximate surface area is 242 Å². The molecule has 0 radical (unpaired) electrons. The van der Waals surface area contributed by atoms with Gasteiger partial charge in [0.2, 0.25) is 0 Å². The van der Waals surface area contributed by atoms with Gasteiger partial charge >= 0.3 is 5.97 Å². The molecule has 4 aliphatic rings. The zero-order valence-corrected chi connectivity index (χ0v) is 24.9. The number of amides is 1. The number of aromatic hydroxyl groups is 1. The molecule has 7 heteroatoms. The molecular formula is C34H40N2O5. The molecule has 1 saturated carbocycles. The molecule has 2 bridgehead atoms. The molecule has 1 N–H and O–H groups in total. The number of nitrogens with zero attached hydrogens (tertiary/aromatic N) is 2. The molecule has 7 nitrogen and oxygen atoms in total. The average Bonchev–Trinajstić information content (AvgIpc) is 3.27. The van der Waals surface area contributed by atoms with Crippen molar-refractivity contribution in [3.05, 3.63) is 58.1 Å². The van der Waals surface area contributed by atoms with Gasteiger partial charge in [-0.15, -0.1) is 0 Å². The van der Waals surface area contributed by atoms with Crippen molar-refractivity contribution in [2.45, 2.75) is 89.5 Å². The maximum atomic E-state index is 13.9. The van der Waals surface area contributed by atoms with Crippen LogP contribution in [0.3, 0.4) is 0 Å². The summed E-state index contributed by atoms with van der Waals surface area (Å²) in [5.74, 6) is 6.29. The van der Waals surface area contributed by atoms with E-state index in [1.165, 1.54) is 12.5 Å². The number of hydrogen-bond acceptors (Lipinski definition) is 6. The van der Waals surface area contributed by atoms with Crippen LogP contribution < -0.4 is 4.74 Å². The third kappa shape index (κ3) is 4.06. The number of piperidine rings is 1. The summed E-state index contributed by atoms with van der Waals surface area (Å²) < 4.78 is 13.2. The van der Waals surface area contributed by atoms with Gasteiger partial charge in [-0.25, -0.2) is 0 Å². The number of aryl methyl sites for hydroxylation is 2. The van der Waals surface area contributed by atoms with Crippen molar-refractivity contribution in [1.29, 1.82) is 0 Å². The first-order valence-corrected chi connectivity index (χ1v) is 14.8. The molecule has 2 heterocycles. The van der Waals surface area contributed by atoms with Gasteiger partial charge in [-0.05, 0) is 93.9 Å². The Balaban J connectivity index is 1.46. The van der Waals surface area contributed by atoms with Crippen molar-refractivity contribution >= 4 is 11.9 Å². The fourth-order valence-corrected chi connectivity index (χ4v) is 8.26. The highest BCUT2D eigenvalue weighted by Crippen LogP contribution is 2.67. The number of likely N-dealkylation sites (N-methyl/N-ethyl adjacent to an activating group) is 1. The summed E-state index contributed by atoms with van der Waals surface area (Å²) in [6.07, 6.45) is 2.16. The van der Waals surface area contributed by atoms with Crippen LogP contribution in [-0.2, 0) is 26.2 Å². The lowest BCUT2D eigenvalue weighted by atomic mass is 9.48. The number of rotatable bonds is 4. The Hall–Kier alpha value is -3.50. The molecule has 2 fully saturated rings. The van der Waals surface area contributed by atoms with E-state index in [0.29, 0.717) is 38.0 Å². The number of hydrogen-bond donors (Lipinski definition) is 1. The van der Waals surface area contributed by atoms with Gasteiger partial charge in [0, 0.05) is 30.5 Å². The van der Waals surface area contributed by atoms with E-state index in [-0.39, 0.29) is 35.6 Å². The summed E-state index contributed by atoms with van der Waals surface area (Å²) in [4.78, 5) is 30.8. The lowest BCUT2D eigenvalue weighted by Crippen LogP contribution is -2.79. The smallest absolute Gasteiger partial charge is 0.303 e. The highest BCUT2D eigenvalue weighted by atomic mass is 16.6. The maximum absolute atomic E-state index is 13.9. The van der Waals surface area contributed by atoms with Gasteiger partial charge in [0.15, 0.2) is 11.5 Å². The van der Waals surface area contributed by atoms with E-state index >= 15 is 0 Å². The zero-order chi connectivity index (χ0) is 29.3. The van der Waals surface area contributed by atoms with E-state index in [1.807, 2.05) is 36.1 Å². The second-order valence-corrected chi connectivity index (χ2v) is 12.9. The van der Waals surface area contributed by atoms with E-state index in [1.54, 1.807) is 6.07 Å². The molecule has 2 aromatic rings. The van der Waals surface area contributed by atoms with Gasteiger partial charge in [-0.1, -0.05) is 31.9 Å². The van der Waals surface area contributed by atoms with Gasteiger partial charge in [0.1, 0.15) is 11.7 Å². The lowest BCUT2D eigenvalue weighted by Gasteiger charge is -2.65. The minimum absolute atomic E-state index is 0.0194. The quantitative estimate of drug-likeness (QED) is 0.448. The number of carbonyl (C=O) groups is 2. The number of phenols is 1. The summed E-state index contributed by atoms with van der Waals surface area (Å²) in [5.41, 5.74) is 3.75. The number of likely N-dealkylation sites (tertiary alicyclic amines) is 1. The highest BCUT2D eigenvalue weighted by molar-refractivity contribution is 5.94. The Bertz CT molecular complexity index is 1490. The van der Waals surface area contributed by atoms with Crippen molar-refractivity contribution < 1.29 is 24.2 Å². The van der Waals surface area contributed by atoms with Crippen molar-refractivity contribution in [3.63, 3.8) is 0 Å². The summed E-state index contributed by atoms with van der Waals surface area (Å²) in [6.45, 7) is 11.1. The Morgan fingerprint density at radius 3 is 2.68 bits per heavy atom. The summed E-state index contributed by atoms with van der Waals surface area (Å²) in [7, 11) is 2.10. The van der Waals surface area contributed by atoms with E-state index < -0.39 is 17.1 Å². The first-order valence-electron chi connectivity index (χ1n) is 14.8. The van der Waals surface area contributed by atoms with Crippen LogP contribution in [0.15, 0.2) is 30.3 Å². The normalized spacial score (nSPS) is 29.2. The van der Waals surface area contributed by atoms with Crippen LogP contribution in [0.1, 0.15) is 67.9 Å². The highest BCUT2D eigenvalue weighted by Gasteiger charge is 2.75. The van der Waals surface area contributed by atoms with Crippen molar-refractivity contribution in [2.24, 2.45) is 5.92 Å². The second kappa shape index (κ2) is 9.80. The standard InChI is InChI=1S/C34H40N2O5/c1-20(2)19-36(29(39)12-9-24-8-7-21(3)22(4)17-24)26-13-14-34(41-23(5)37)28-18-25-10-11-27(38)31-30(25)33(34,32(26)40-31)15-16-35(28)6/h7-8,10-11,17,20,26,28,32,38H,13-16,18-19H2,1-6H3/t26-,28-,32+,33+,34-/m1/s1. The Kier molecular flexibility index (Phi) is 6.61. The SMILES string of the molecule is CC(=O)O[C@@]12CC[C@@H](N(CC(C)C)C(=O)C#Cc3ccc(C)c(C)c3)[C@@H]3Oc4c(O)ccc5c4[C@@]31CCN(C)[C@@H]2C5. The van der Waals surface area contributed by atoms with Crippen LogP contribution in [-0.4, -0.2) is 70.7 Å². The van der Waals surface area contributed by atoms with Gasteiger partial charge in [0.05, 0.1) is 17.5 Å². The summed E-state index contributed by atoms with van der Waals surface area (Å²) in [6, 6.07) is 9.37. The van der Waals surface area contributed by atoms with E-state index in [2.05, 4.69) is 44.6 Å². The predicted octanol–water partition coefficient (Wildman–Crippen LogP) is 4.27. The van der Waals surface area contributed by atoms with Gasteiger partial charge < -0.3 is 19.5 Å². The van der Waals surface area contributed by atoms with Crippen molar-refractivity contribution in [2.75, 3.05) is 20.1 Å². The monoisotopic (exact) mass is 556 g/mol. The van der Waals surface area contributed by atoms with Crippen LogP contribution in [0.5, 0.6) is 11.5 Å². The molecular weight excluding hydrogens is 516 g/mol. The van der Waals surface area contributed by atoms with Crippen LogP contribution in [0.4, 0.5) is 0 Å². The summed E-state index contributed by atoms with van der Waals surface area (Å²) in [5, 5.41) is 11.0. The van der Waals surface area contributed by atoms with E-state index in [0.717, 1.165) is 28.8 Å². The molecule has 2 aliphatic heterocycles. The van der Waals surface area contributed by atoms with Gasteiger partial charge in [-0.3, -0.25) is 14.5 Å². The lowest BCUT2D eigenvalue weighted by molar-refractivity contribution is -0.221. The van der Waals surface area contributed by atoms with Crippen LogP contribution in [0.2, 0.25) is 0 Å². The average molecular weight is 557 g/mol. The fraction of sp³-hybridized carbons (Fsp3) is 0.529. The van der Waals surface area contributed by atoms with Crippen LogP contribution in [0.25, 0.3) is 0 Å². The zero-order valence-electron chi connectivity index (χ0n) is 24.9. The second-order valence-electron chi connectivity index (χ2n) is 12.9. The number of phenolic OH excluding ortho intramolecular Hbond substituents is 1. The molecule has 2 aromatic carbocycles.